The van der Waals surface area contributed by atoms with Crippen LogP contribution in [0.3, 0.4) is 0 Å². The molecule has 3 aliphatic rings. The highest BCUT2D eigenvalue weighted by Crippen LogP contribution is 2.44. The molecule has 3 aliphatic heterocycles. The van der Waals surface area contributed by atoms with Crippen molar-refractivity contribution in [2.75, 3.05) is 6.61 Å². The molecule has 6 nitrogen and oxygen atoms in total. The smallest absolute Gasteiger partial charge is 0.111 e. The first-order valence-corrected chi connectivity index (χ1v) is 14.6. The number of benzene rings is 2. The lowest BCUT2D eigenvalue weighted by molar-refractivity contribution is -0.298. The molecule has 0 spiro atoms. The van der Waals surface area contributed by atoms with Crippen LogP contribution >= 0.6 is 0 Å². The molecule has 39 heavy (non-hydrogen) atoms. The lowest BCUT2D eigenvalue weighted by Gasteiger charge is -2.52. The summed E-state index contributed by atoms with van der Waals surface area (Å²) in [5.41, 5.74) is 1.85. The molecular weight excluding hydrogens is 492 g/mol. The maximum absolute atomic E-state index is 10.7. The molecule has 2 aromatic carbocycles. The van der Waals surface area contributed by atoms with Crippen LogP contribution in [0.25, 0.3) is 0 Å². The van der Waals surface area contributed by atoms with Gasteiger partial charge in [-0.15, -0.1) is 6.58 Å². The fourth-order valence-electron chi connectivity index (χ4n) is 6.22. The van der Waals surface area contributed by atoms with E-state index in [9.17, 15) is 5.11 Å². The third-order valence-electron chi connectivity index (χ3n) is 8.47. The number of aliphatic hydroxyl groups excluding tert-OH is 1. The van der Waals surface area contributed by atoms with Gasteiger partial charge in [0.05, 0.1) is 55.4 Å². The Labute approximate surface area is 233 Å². The van der Waals surface area contributed by atoms with Crippen molar-refractivity contribution in [1.82, 2.24) is 0 Å². The molecule has 0 bridgehead atoms. The maximum Gasteiger partial charge on any atom is 0.111 e. The molecule has 0 aliphatic carbocycles. The summed E-state index contributed by atoms with van der Waals surface area (Å²) in [6.07, 6.45) is 5.95. The Hall–Kier alpha value is -2.06. The van der Waals surface area contributed by atoms with Crippen LogP contribution in [0.2, 0.25) is 0 Å². The molecule has 1 N–H and O–H groups in total. The first-order valence-electron chi connectivity index (χ1n) is 14.6. The number of aliphatic hydroxyl groups is 1. The van der Waals surface area contributed by atoms with Crippen LogP contribution in [0.5, 0.6) is 0 Å². The van der Waals surface area contributed by atoms with E-state index in [-0.39, 0.29) is 36.6 Å². The van der Waals surface area contributed by atoms with Crippen molar-refractivity contribution in [3.63, 3.8) is 0 Å². The number of ether oxygens (including phenoxy) is 5. The zero-order valence-corrected chi connectivity index (χ0v) is 23.2. The van der Waals surface area contributed by atoms with E-state index in [1.807, 2.05) is 42.5 Å². The van der Waals surface area contributed by atoms with E-state index in [4.69, 9.17) is 23.7 Å². The van der Waals surface area contributed by atoms with Gasteiger partial charge in [0.15, 0.2) is 0 Å². The number of fused-ring (bicyclic) bond motifs is 2. The summed E-state index contributed by atoms with van der Waals surface area (Å²) in [5, 5.41) is 10.7. The molecule has 0 amide bonds. The minimum Gasteiger partial charge on any atom is -0.390 e. The molecular formula is C33H44O6. The van der Waals surface area contributed by atoms with Gasteiger partial charge in [0.2, 0.25) is 0 Å². The molecule has 3 fully saturated rings. The molecule has 0 aromatic heterocycles. The van der Waals surface area contributed by atoms with E-state index in [1.54, 1.807) is 0 Å². The quantitative estimate of drug-likeness (QED) is 0.291. The lowest BCUT2D eigenvalue weighted by atomic mass is 9.81. The van der Waals surface area contributed by atoms with E-state index in [0.717, 1.165) is 37.7 Å². The molecule has 5 rings (SSSR count). The summed E-state index contributed by atoms with van der Waals surface area (Å²) in [6, 6.07) is 20.6. The number of hydrogen-bond donors (Lipinski definition) is 1. The highest BCUT2D eigenvalue weighted by molar-refractivity contribution is 5.14. The van der Waals surface area contributed by atoms with Crippen molar-refractivity contribution in [1.29, 1.82) is 0 Å². The average molecular weight is 537 g/mol. The highest BCUT2D eigenvalue weighted by Gasteiger charge is 2.54. The molecule has 3 heterocycles. The van der Waals surface area contributed by atoms with Crippen LogP contribution < -0.4 is 0 Å². The van der Waals surface area contributed by atoms with Gasteiger partial charge in [0, 0.05) is 19.4 Å². The number of hydrogen-bond acceptors (Lipinski definition) is 6. The van der Waals surface area contributed by atoms with Gasteiger partial charge in [-0.05, 0) is 50.2 Å². The van der Waals surface area contributed by atoms with Gasteiger partial charge in [-0.25, -0.2) is 0 Å². The second-order valence-electron chi connectivity index (χ2n) is 11.5. The fourth-order valence-corrected chi connectivity index (χ4v) is 6.22. The summed E-state index contributed by atoms with van der Waals surface area (Å²) >= 11 is 0. The van der Waals surface area contributed by atoms with Crippen LogP contribution in [-0.4, -0.2) is 60.0 Å². The number of rotatable bonds is 11. The summed E-state index contributed by atoms with van der Waals surface area (Å²) in [7, 11) is 0. The highest BCUT2D eigenvalue weighted by atomic mass is 16.6. The predicted octanol–water partition coefficient (Wildman–Crippen LogP) is 5.76. The van der Waals surface area contributed by atoms with Crippen molar-refractivity contribution in [2.24, 2.45) is 0 Å². The zero-order valence-electron chi connectivity index (χ0n) is 23.2. The third kappa shape index (κ3) is 7.37. The second-order valence-corrected chi connectivity index (χ2v) is 11.5. The molecule has 212 valence electrons. The molecule has 8 atom stereocenters. The maximum atomic E-state index is 10.7. The average Bonchev–Trinajstić information content (AvgIpc) is 3.07. The van der Waals surface area contributed by atoms with Crippen LogP contribution in [0.4, 0.5) is 0 Å². The van der Waals surface area contributed by atoms with Crippen LogP contribution in [-0.2, 0) is 36.9 Å². The molecule has 0 saturated carbocycles. The van der Waals surface area contributed by atoms with Gasteiger partial charge < -0.3 is 28.8 Å². The SMILES string of the molecule is C=CC[C@H]1O[C@H]2C[C@H]3O[C@H](CCCOCc4ccccc4)C[C@H](OCc4ccccc4)[C@@H]3O[C@]2(C)CC[C@@H]1O. The van der Waals surface area contributed by atoms with Gasteiger partial charge in [-0.2, -0.15) is 0 Å². The second kappa shape index (κ2) is 13.5. The normalized spacial score (nSPS) is 34.5. The van der Waals surface area contributed by atoms with E-state index < -0.39 is 11.7 Å². The van der Waals surface area contributed by atoms with Crippen molar-refractivity contribution >= 4 is 0 Å². The van der Waals surface area contributed by atoms with E-state index >= 15 is 0 Å². The van der Waals surface area contributed by atoms with Crippen molar-refractivity contribution in [3.8, 4) is 0 Å². The Bertz CT molecular complexity index is 1020. The summed E-state index contributed by atoms with van der Waals surface area (Å²) < 4.78 is 32.5. The Balaban J connectivity index is 1.23. The van der Waals surface area contributed by atoms with Crippen LogP contribution in [0.1, 0.15) is 63.0 Å². The fraction of sp³-hybridized carbons (Fsp3) is 0.576. The monoisotopic (exact) mass is 536 g/mol. The Morgan fingerprint density at radius 1 is 1.00 bits per heavy atom. The van der Waals surface area contributed by atoms with Gasteiger partial charge in [0.1, 0.15) is 6.10 Å². The first kappa shape index (κ1) is 28.5. The van der Waals surface area contributed by atoms with Crippen molar-refractivity contribution in [2.45, 2.75) is 113 Å². The van der Waals surface area contributed by atoms with Crippen LogP contribution in [0.15, 0.2) is 73.3 Å². The summed E-state index contributed by atoms with van der Waals surface area (Å²) in [5.74, 6) is 0. The standard InChI is InChI=1S/C33H44O6/c1-3-11-28-27(34)17-18-33(2)31(38-28)21-30-32(39-33)29(36-23-25-14-8-5-9-15-25)20-26(37-30)16-10-19-35-22-24-12-6-4-7-13-24/h3-9,12-15,26-32,34H,1,10-11,16-23H2,2H3/t26-,27+,28-,29+,30-,31+,32+,33-/m1/s1. The van der Waals surface area contributed by atoms with Crippen molar-refractivity contribution < 1.29 is 28.8 Å². The largest absolute Gasteiger partial charge is 0.390 e. The Morgan fingerprint density at radius 2 is 1.72 bits per heavy atom. The van der Waals surface area contributed by atoms with Crippen LogP contribution in [0, 0.1) is 0 Å². The molecule has 2 aromatic rings. The van der Waals surface area contributed by atoms with Gasteiger partial charge >= 0.3 is 0 Å². The van der Waals surface area contributed by atoms with Crippen molar-refractivity contribution in [3.05, 3.63) is 84.4 Å². The van der Waals surface area contributed by atoms with E-state index in [2.05, 4.69) is 37.8 Å². The summed E-state index contributed by atoms with van der Waals surface area (Å²) in [6.45, 7) is 7.85. The third-order valence-corrected chi connectivity index (χ3v) is 8.47. The zero-order chi connectivity index (χ0) is 27.1. The Kier molecular flexibility index (Phi) is 9.88. The predicted molar refractivity (Wildman–Crippen MR) is 150 cm³/mol. The summed E-state index contributed by atoms with van der Waals surface area (Å²) in [4.78, 5) is 0. The molecule has 3 saturated heterocycles. The minimum atomic E-state index is -0.522. The minimum absolute atomic E-state index is 0.0700. The lowest BCUT2D eigenvalue weighted by Crippen LogP contribution is -2.62. The molecule has 6 heteroatoms. The van der Waals surface area contributed by atoms with Gasteiger partial charge in [0.25, 0.3) is 0 Å². The molecule has 0 radical (unpaired) electrons. The Morgan fingerprint density at radius 3 is 2.44 bits per heavy atom. The van der Waals surface area contributed by atoms with E-state index in [1.165, 1.54) is 5.56 Å². The molecule has 0 unspecified atom stereocenters. The van der Waals surface area contributed by atoms with Gasteiger partial charge in [-0.1, -0.05) is 66.7 Å². The van der Waals surface area contributed by atoms with E-state index in [0.29, 0.717) is 32.7 Å². The van der Waals surface area contributed by atoms with Gasteiger partial charge in [-0.3, -0.25) is 0 Å². The first-order chi connectivity index (χ1) is 19.0. The topological polar surface area (TPSA) is 66.4 Å².